The minimum Gasteiger partial charge on any atom is -0.468 e. The fraction of sp³-hybridized carbons (Fsp3) is 0.160. The minimum atomic E-state index is -0.464. The summed E-state index contributed by atoms with van der Waals surface area (Å²) in [5, 5.41) is 5.94. The molecule has 0 spiro atoms. The summed E-state index contributed by atoms with van der Waals surface area (Å²) in [6, 6.07) is 16.9. The number of hydrogen-bond donors (Lipinski definition) is 3. The van der Waals surface area contributed by atoms with Crippen molar-refractivity contribution in [3.05, 3.63) is 89.4 Å². The van der Waals surface area contributed by atoms with Crippen LogP contribution in [0.2, 0.25) is 0 Å². The average Bonchev–Trinajstić information content (AvgIpc) is 3.24. The molecule has 8 nitrogen and oxygen atoms in total. The average molecular weight is 461 g/mol. The summed E-state index contributed by atoms with van der Waals surface area (Å²) < 4.78 is 19.9. The van der Waals surface area contributed by atoms with Gasteiger partial charge in [-0.2, -0.15) is 0 Å². The number of esters is 1. The van der Waals surface area contributed by atoms with E-state index in [0.717, 1.165) is 11.1 Å². The SMILES string of the molecule is COC(=O)CNc1c(-c2ccc(F)cc2)nc2c(C(=O)NCc3cccc(CN)c3)cccn12. The van der Waals surface area contributed by atoms with Gasteiger partial charge in [0.05, 0.1) is 12.7 Å². The highest BCUT2D eigenvalue weighted by Gasteiger charge is 2.20. The summed E-state index contributed by atoms with van der Waals surface area (Å²) in [7, 11) is 1.30. The smallest absolute Gasteiger partial charge is 0.325 e. The van der Waals surface area contributed by atoms with Gasteiger partial charge in [-0.3, -0.25) is 14.0 Å². The first-order valence-electron chi connectivity index (χ1n) is 10.6. The Bertz CT molecular complexity index is 1330. The van der Waals surface area contributed by atoms with E-state index in [9.17, 15) is 14.0 Å². The zero-order chi connectivity index (χ0) is 24.1. The predicted molar refractivity (Wildman–Crippen MR) is 127 cm³/mol. The number of carbonyl (C=O) groups is 2. The second-order valence-corrected chi connectivity index (χ2v) is 7.57. The number of halogens is 1. The number of ether oxygens (including phenoxy) is 1. The molecule has 34 heavy (non-hydrogen) atoms. The van der Waals surface area contributed by atoms with E-state index in [1.807, 2.05) is 24.3 Å². The van der Waals surface area contributed by atoms with Crippen molar-refractivity contribution in [3.8, 4) is 11.3 Å². The van der Waals surface area contributed by atoms with E-state index in [1.165, 1.54) is 19.2 Å². The van der Waals surface area contributed by atoms with Crippen LogP contribution in [0.15, 0.2) is 66.9 Å². The Morgan fingerprint density at radius 1 is 1.09 bits per heavy atom. The quantitative estimate of drug-likeness (QED) is 0.348. The fourth-order valence-corrected chi connectivity index (χ4v) is 3.60. The van der Waals surface area contributed by atoms with Crippen LogP contribution in [0.1, 0.15) is 21.5 Å². The highest BCUT2D eigenvalue weighted by atomic mass is 19.1. The highest BCUT2D eigenvalue weighted by molar-refractivity contribution is 6.01. The molecule has 0 unspecified atom stereocenters. The van der Waals surface area contributed by atoms with Crippen LogP contribution in [-0.4, -0.2) is 34.9 Å². The van der Waals surface area contributed by atoms with E-state index < -0.39 is 5.97 Å². The molecule has 2 aromatic heterocycles. The summed E-state index contributed by atoms with van der Waals surface area (Å²) in [5.41, 5.74) is 9.45. The molecule has 2 heterocycles. The first kappa shape index (κ1) is 22.9. The Labute approximate surface area is 195 Å². The summed E-state index contributed by atoms with van der Waals surface area (Å²) in [4.78, 5) is 29.5. The lowest BCUT2D eigenvalue weighted by atomic mass is 10.1. The first-order valence-corrected chi connectivity index (χ1v) is 10.6. The molecule has 1 amide bonds. The van der Waals surface area contributed by atoms with Crippen LogP contribution in [0, 0.1) is 5.82 Å². The number of hydrogen-bond acceptors (Lipinski definition) is 6. The molecule has 4 N–H and O–H groups in total. The molecule has 9 heteroatoms. The highest BCUT2D eigenvalue weighted by Crippen LogP contribution is 2.30. The van der Waals surface area contributed by atoms with Gasteiger partial charge in [-0.05, 0) is 47.5 Å². The maximum Gasteiger partial charge on any atom is 0.325 e. The largest absolute Gasteiger partial charge is 0.468 e. The van der Waals surface area contributed by atoms with Crippen LogP contribution in [0.3, 0.4) is 0 Å². The van der Waals surface area contributed by atoms with Crippen molar-refractivity contribution in [2.24, 2.45) is 5.73 Å². The van der Waals surface area contributed by atoms with Gasteiger partial charge in [0, 0.05) is 24.8 Å². The van der Waals surface area contributed by atoms with Gasteiger partial charge in [0.25, 0.3) is 5.91 Å². The molecule has 0 aliphatic rings. The number of rotatable bonds is 8. The molecule has 4 aromatic rings. The predicted octanol–water partition coefficient (Wildman–Crippen LogP) is 3.11. The van der Waals surface area contributed by atoms with Gasteiger partial charge in [0.15, 0.2) is 5.65 Å². The van der Waals surface area contributed by atoms with Crippen molar-refractivity contribution < 1.29 is 18.7 Å². The van der Waals surface area contributed by atoms with Crippen molar-refractivity contribution in [2.45, 2.75) is 13.1 Å². The number of aromatic nitrogens is 2. The van der Waals surface area contributed by atoms with Gasteiger partial charge < -0.3 is 21.1 Å². The van der Waals surface area contributed by atoms with E-state index in [4.69, 9.17) is 10.5 Å². The summed E-state index contributed by atoms with van der Waals surface area (Å²) in [6.07, 6.45) is 1.73. The number of nitrogens with zero attached hydrogens (tertiary/aromatic N) is 2. The zero-order valence-corrected chi connectivity index (χ0v) is 18.5. The van der Waals surface area contributed by atoms with E-state index in [-0.39, 0.29) is 18.3 Å². The molecule has 0 bridgehead atoms. The summed E-state index contributed by atoms with van der Waals surface area (Å²) in [5.74, 6) is -0.666. The van der Waals surface area contributed by atoms with Crippen molar-refractivity contribution >= 4 is 23.3 Å². The molecule has 2 aromatic carbocycles. The number of anilines is 1. The number of methoxy groups -OCH3 is 1. The summed E-state index contributed by atoms with van der Waals surface area (Å²) >= 11 is 0. The lowest BCUT2D eigenvalue weighted by Crippen LogP contribution is -2.23. The monoisotopic (exact) mass is 461 g/mol. The van der Waals surface area contributed by atoms with Crippen LogP contribution in [-0.2, 0) is 22.6 Å². The van der Waals surface area contributed by atoms with Gasteiger partial charge in [-0.25, -0.2) is 9.37 Å². The van der Waals surface area contributed by atoms with Crippen LogP contribution in [0.4, 0.5) is 10.2 Å². The van der Waals surface area contributed by atoms with Crippen molar-refractivity contribution in [1.29, 1.82) is 0 Å². The zero-order valence-electron chi connectivity index (χ0n) is 18.5. The van der Waals surface area contributed by atoms with Crippen LogP contribution in [0.25, 0.3) is 16.9 Å². The molecule has 0 radical (unpaired) electrons. The molecule has 0 saturated heterocycles. The van der Waals surface area contributed by atoms with Crippen LogP contribution < -0.4 is 16.4 Å². The van der Waals surface area contributed by atoms with Gasteiger partial charge in [0.2, 0.25) is 0 Å². The third kappa shape index (κ3) is 4.89. The topological polar surface area (TPSA) is 111 Å². The molecule has 0 aliphatic carbocycles. The molecule has 0 atom stereocenters. The normalized spacial score (nSPS) is 10.8. The standard InChI is InChI=1S/C25H24FN5O3/c1-34-21(32)15-28-24-22(18-7-9-19(26)10-8-18)30-23-20(6-3-11-31(23)24)25(33)29-14-17-5-2-4-16(12-17)13-27/h2-12,28H,13-15,27H2,1H3,(H,29,33). The van der Waals surface area contributed by atoms with Crippen LogP contribution >= 0.6 is 0 Å². The maximum atomic E-state index is 13.5. The van der Waals surface area contributed by atoms with Crippen molar-refractivity contribution in [1.82, 2.24) is 14.7 Å². The molecule has 4 rings (SSSR count). The molecular formula is C25H24FN5O3. The van der Waals surface area contributed by atoms with E-state index >= 15 is 0 Å². The molecular weight excluding hydrogens is 437 g/mol. The van der Waals surface area contributed by atoms with Crippen molar-refractivity contribution in [2.75, 3.05) is 19.0 Å². The maximum absolute atomic E-state index is 13.5. The molecule has 0 aliphatic heterocycles. The number of nitrogens with one attached hydrogen (secondary N) is 2. The molecule has 0 fully saturated rings. The number of benzene rings is 2. The number of pyridine rings is 1. The minimum absolute atomic E-state index is 0.105. The number of carbonyl (C=O) groups excluding carboxylic acids is 2. The first-order chi connectivity index (χ1) is 16.5. The van der Waals surface area contributed by atoms with Crippen LogP contribution in [0.5, 0.6) is 0 Å². The van der Waals surface area contributed by atoms with E-state index in [0.29, 0.717) is 41.4 Å². The lowest BCUT2D eigenvalue weighted by Gasteiger charge is -2.09. The number of amides is 1. The Morgan fingerprint density at radius 2 is 1.85 bits per heavy atom. The molecule has 174 valence electrons. The Hall–Kier alpha value is -4.24. The number of nitrogens with two attached hydrogens (primary N) is 1. The summed E-state index contributed by atoms with van der Waals surface area (Å²) in [6.45, 7) is 0.641. The second kappa shape index (κ2) is 10.1. The Balaban J connectivity index is 1.69. The van der Waals surface area contributed by atoms with E-state index in [2.05, 4.69) is 15.6 Å². The fourth-order valence-electron chi connectivity index (χ4n) is 3.60. The van der Waals surface area contributed by atoms with Gasteiger partial charge >= 0.3 is 5.97 Å². The second-order valence-electron chi connectivity index (χ2n) is 7.57. The third-order valence-electron chi connectivity index (χ3n) is 5.32. The lowest BCUT2D eigenvalue weighted by molar-refractivity contribution is -0.138. The number of fused-ring (bicyclic) bond motifs is 1. The van der Waals surface area contributed by atoms with Crippen molar-refractivity contribution in [3.63, 3.8) is 0 Å². The Morgan fingerprint density at radius 3 is 2.59 bits per heavy atom. The Kier molecular flexibility index (Phi) is 6.84. The van der Waals surface area contributed by atoms with E-state index in [1.54, 1.807) is 34.9 Å². The van der Waals surface area contributed by atoms with Gasteiger partial charge in [-0.15, -0.1) is 0 Å². The third-order valence-corrected chi connectivity index (χ3v) is 5.32. The van der Waals surface area contributed by atoms with Gasteiger partial charge in [-0.1, -0.05) is 24.3 Å². The van der Waals surface area contributed by atoms with Gasteiger partial charge in [0.1, 0.15) is 23.9 Å². The number of imidazole rings is 1. The molecule has 0 saturated carbocycles.